The Labute approximate surface area is 126 Å². The van der Waals surface area contributed by atoms with Gasteiger partial charge in [0.1, 0.15) is 0 Å². The predicted molar refractivity (Wildman–Crippen MR) is 65.4 cm³/mol. The van der Waals surface area contributed by atoms with Crippen LogP contribution in [0.25, 0.3) is 10.6 Å². The van der Waals surface area contributed by atoms with Gasteiger partial charge in [-0.05, 0) is 41.3 Å². The van der Waals surface area contributed by atoms with Crippen molar-refractivity contribution in [3.05, 3.63) is 10.6 Å². The van der Waals surface area contributed by atoms with Gasteiger partial charge in [0, 0.05) is 0 Å². The van der Waals surface area contributed by atoms with Crippen molar-refractivity contribution in [3.63, 3.8) is 0 Å². The van der Waals surface area contributed by atoms with Gasteiger partial charge in [-0.15, -0.1) is 13.1 Å². The van der Waals surface area contributed by atoms with Gasteiger partial charge in [0.2, 0.25) is 0 Å². The Balaban J connectivity index is -0.0000000800. The molecule has 0 unspecified atom stereocenters. The average molecular weight is 216 g/mol. The molecule has 0 saturated carbocycles. The molecule has 0 aliphatic rings. The topological polar surface area (TPSA) is 34.7 Å². The maximum absolute atomic E-state index is 3.93. The van der Waals surface area contributed by atoms with Crippen LogP contribution in [0.4, 0.5) is 0 Å². The molecule has 0 aliphatic carbocycles. The van der Waals surface area contributed by atoms with Crippen LogP contribution in [0.2, 0.25) is 0 Å². The first-order valence-corrected chi connectivity index (χ1v) is 4.95. The van der Waals surface area contributed by atoms with Gasteiger partial charge in [-0.1, -0.05) is 0 Å². The first-order valence-electron chi connectivity index (χ1n) is 4.95. The van der Waals surface area contributed by atoms with Crippen LogP contribution in [0.3, 0.4) is 0 Å². The zero-order chi connectivity index (χ0) is 11.4. The van der Waals surface area contributed by atoms with Crippen LogP contribution in [0.1, 0.15) is 0 Å². The van der Waals surface area contributed by atoms with Crippen LogP contribution in [0.15, 0.2) is 0 Å². The Bertz CT molecular complexity index is 90.8. The van der Waals surface area contributed by atoms with Crippen molar-refractivity contribution in [2.24, 2.45) is 0 Å². The summed E-state index contributed by atoms with van der Waals surface area (Å²) in [4.78, 5) is 4.24. The summed E-state index contributed by atoms with van der Waals surface area (Å²) in [6, 6.07) is 0. The minimum absolute atomic E-state index is 0. The number of hydrogen-bond donors (Lipinski definition) is 0. The molecule has 0 rings (SSSR count). The quantitative estimate of drug-likeness (QED) is 0.417. The summed E-state index contributed by atoms with van der Waals surface area (Å²) in [5, 5.41) is 7.87. The maximum atomic E-state index is 3.93. The van der Waals surface area contributed by atoms with Gasteiger partial charge in [-0.25, -0.2) is 0 Å². The number of rotatable bonds is 6. The average Bonchev–Trinajstić information content (AvgIpc) is 2.12. The molecule has 6 heteroatoms. The van der Waals surface area contributed by atoms with Crippen LogP contribution in [-0.4, -0.2) is 78.3 Å². The van der Waals surface area contributed by atoms with Crippen molar-refractivity contribution in [3.8, 4) is 0 Å². The molecule has 0 bridgehead atoms. The van der Waals surface area contributed by atoms with Crippen LogP contribution in [0.5, 0.6) is 0 Å². The van der Waals surface area contributed by atoms with Gasteiger partial charge in [-0.2, -0.15) is 14.1 Å². The predicted octanol–water partition coefficient (Wildman–Crippen LogP) is -4.89. The van der Waals surface area contributed by atoms with Crippen molar-refractivity contribution in [1.29, 1.82) is 0 Å². The molecule has 0 amide bonds. The van der Waals surface area contributed by atoms with E-state index in [1.54, 1.807) is 0 Å². The number of nitrogens with zero attached hydrogens (tertiary/aromatic N) is 4. The molecule has 16 heavy (non-hydrogen) atoms. The fourth-order valence-electron chi connectivity index (χ4n) is 0.600. The van der Waals surface area contributed by atoms with Crippen molar-refractivity contribution in [2.75, 3.05) is 68.5 Å². The standard InChI is InChI=1S/2C5H13N2.2Li/c2*1-6-4-5-7(2)3;;/h2*4-5H2,1-3H3;;/q2*-1;2*+1. The Hall–Kier alpha value is 1.03. The minimum Gasteiger partial charge on any atom is -0.664 e. The van der Waals surface area contributed by atoms with Crippen molar-refractivity contribution in [1.82, 2.24) is 9.80 Å². The van der Waals surface area contributed by atoms with Crippen molar-refractivity contribution < 1.29 is 37.7 Å². The number of hydrogen-bond acceptors (Lipinski definition) is 2. The van der Waals surface area contributed by atoms with E-state index in [-0.39, 0.29) is 37.7 Å². The summed E-state index contributed by atoms with van der Waals surface area (Å²) in [5.74, 6) is 0. The first kappa shape index (κ1) is 25.8. The first-order chi connectivity index (χ1) is 6.54. The molecular formula is C10H26Li2N4. The second-order valence-electron chi connectivity index (χ2n) is 3.69. The summed E-state index contributed by atoms with van der Waals surface area (Å²) in [5.41, 5.74) is 0. The summed E-state index contributed by atoms with van der Waals surface area (Å²) in [6.07, 6.45) is 0. The molecule has 0 radical (unpaired) electrons. The van der Waals surface area contributed by atoms with Crippen molar-refractivity contribution in [2.45, 2.75) is 0 Å². The minimum atomic E-state index is 0. The molecule has 88 valence electrons. The van der Waals surface area contributed by atoms with Gasteiger partial charge in [0.25, 0.3) is 0 Å². The largest absolute Gasteiger partial charge is 1.00 e. The Morgan fingerprint density at radius 1 is 0.688 bits per heavy atom. The van der Waals surface area contributed by atoms with Crippen LogP contribution < -0.4 is 37.7 Å². The summed E-state index contributed by atoms with van der Waals surface area (Å²) < 4.78 is 0. The molecule has 0 aromatic carbocycles. The molecule has 0 saturated heterocycles. The van der Waals surface area contributed by atoms with Crippen molar-refractivity contribution >= 4 is 0 Å². The zero-order valence-corrected chi connectivity index (χ0v) is 12.6. The Kier molecular flexibility index (Phi) is 34.4. The van der Waals surface area contributed by atoms with Gasteiger partial charge >= 0.3 is 37.7 Å². The normalized spacial score (nSPS) is 9.00. The van der Waals surface area contributed by atoms with E-state index in [1.807, 2.05) is 42.3 Å². The van der Waals surface area contributed by atoms with Crippen LogP contribution in [0, 0.1) is 0 Å². The van der Waals surface area contributed by atoms with E-state index in [4.69, 9.17) is 0 Å². The molecule has 0 aromatic rings. The third-order valence-corrected chi connectivity index (χ3v) is 1.54. The number of likely N-dealkylation sites (N-methyl/N-ethyl adjacent to an activating group) is 4. The van der Waals surface area contributed by atoms with Crippen LogP contribution >= 0.6 is 0 Å². The van der Waals surface area contributed by atoms with Gasteiger partial charge in [0.05, 0.1) is 0 Å². The summed E-state index contributed by atoms with van der Waals surface area (Å²) in [6.45, 7) is 4.03. The van der Waals surface area contributed by atoms with Gasteiger partial charge < -0.3 is 20.4 Å². The van der Waals surface area contributed by atoms with E-state index < -0.39 is 0 Å². The SMILES string of the molecule is C[N-]CCN(C)C.C[N-]CCN(C)C.[Li+].[Li+]. The third kappa shape index (κ3) is 36.3. The van der Waals surface area contributed by atoms with E-state index in [2.05, 4.69) is 20.4 Å². The third-order valence-electron chi connectivity index (χ3n) is 1.54. The van der Waals surface area contributed by atoms with Crippen LogP contribution in [-0.2, 0) is 0 Å². The molecule has 0 fully saturated rings. The van der Waals surface area contributed by atoms with E-state index in [1.165, 1.54) is 0 Å². The monoisotopic (exact) mass is 216 g/mol. The Morgan fingerprint density at radius 2 is 0.938 bits per heavy atom. The molecule has 0 spiro atoms. The summed E-state index contributed by atoms with van der Waals surface area (Å²) >= 11 is 0. The molecular weight excluding hydrogens is 190 g/mol. The van der Waals surface area contributed by atoms with E-state index >= 15 is 0 Å². The molecule has 0 heterocycles. The van der Waals surface area contributed by atoms with E-state index in [9.17, 15) is 0 Å². The molecule has 0 aliphatic heterocycles. The maximum Gasteiger partial charge on any atom is 1.00 e. The molecule has 0 aromatic heterocycles. The van der Waals surface area contributed by atoms with Gasteiger partial charge in [0.15, 0.2) is 0 Å². The molecule has 0 atom stereocenters. The molecule has 0 N–H and O–H groups in total. The fraction of sp³-hybridized carbons (Fsp3) is 1.00. The van der Waals surface area contributed by atoms with E-state index in [0.717, 1.165) is 26.2 Å². The van der Waals surface area contributed by atoms with Gasteiger partial charge in [-0.3, -0.25) is 0 Å². The zero-order valence-electron chi connectivity index (χ0n) is 12.6. The molecule has 4 nitrogen and oxygen atoms in total. The second-order valence-corrected chi connectivity index (χ2v) is 3.69. The second kappa shape index (κ2) is 21.3. The van der Waals surface area contributed by atoms with E-state index in [0.29, 0.717) is 0 Å². The fourth-order valence-corrected chi connectivity index (χ4v) is 0.600. The Morgan fingerprint density at radius 3 is 1.00 bits per heavy atom. The summed E-state index contributed by atoms with van der Waals surface area (Å²) in [7, 11) is 11.9. The smallest absolute Gasteiger partial charge is 0.664 e.